The average Bonchev–Trinajstić information content (AvgIpc) is 2.74. The van der Waals surface area contributed by atoms with Crippen LogP contribution in [0.1, 0.15) is 25.7 Å². The molecule has 4 rings (SSSR count). The summed E-state index contributed by atoms with van der Waals surface area (Å²) in [6, 6.07) is 9.71. The highest BCUT2D eigenvalue weighted by Crippen LogP contribution is 2.28. The molecular formula is C18H22N4S. The molecule has 0 saturated carbocycles. The minimum Gasteiger partial charge on any atom is -0.369 e. The van der Waals surface area contributed by atoms with Gasteiger partial charge in [0.05, 0.1) is 11.9 Å². The van der Waals surface area contributed by atoms with Gasteiger partial charge in [-0.15, -0.1) is 0 Å². The predicted molar refractivity (Wildman–Crippen MR) is 94.0 cm³/mol. The first-order valence-electron chi connectivity index (χ1n) is 8.42. The smallest absolute Gasteiger partial charge is 0.101 e. The zero-order valence-corrected chi connectivity index (χ0v) is 14.0. The van der Waals surface area contributed by atoms with Gasteiger partial charge in [0, 0.05) is 42.5 Å². The second kappa shape index (κ2) is 6.89. The van der Waals surface area contributed by atoms with E-state index in [1.807, 2.05) is 18.5 Å². The molecule has 0 amide bonds. The Morgan fingerprint density at radius 2 is 2.04 bits per heavy atom. The Morgan fingerprint density at radius 1 is 1.09 bits per heavy atom. The second-order valence-corrected chi connectivity index (χ2v) is 7.47. The summed E-state index contributed by atoms with van der Waals surface area (Å²) in [4.78, 5) is 12.4. The van der Waals surface area contributed by atoms with Crippen molar-refractivity contribution in [1.82, 2.24) is 15.3 Å². The SMILES string of the molecule is c1cncc(Sc2ccc(N3CCC4CCCC(C3)N4)cn2)c1. The van der Waals surface area contributed by atoms with E-state index in [1.165, 1.54) is 31.4 Å². The highest BCUT2D eigenvalue weighted by atomic mass is 32.2. The van der Waals surface area contributed by atoms with Crippen LogP contribution in [0, 0.1) is 0 Å². The highest BCUT2D eigenvalue weighted by molar-refractivity contribution is 7.99. The first kappa shape index (κ1) is 15.0. The van der Waals surface area contributed by atoms with E-state index in [4.69, 9.17) is 0 Å². The molecule has 23 heavy (non-hydrogen) atoms. The van der Waals surface area contributed by atoms with Crippen LogP contribution in [0.25, 0.3) is 0 Å². The fourth-order valence-electron chi connectivity index (χ4n) is 3.53. The van der Waals surface area contributed by atoms with Gasteiger partial charge in [0.15, 0.2) is 0 Å². The molecule has 120 valence electrons. The largest absolute Gasteiger partial charge is 0.369 e. The van der Waals surface area contributed by atoms with Crippen molar-refractivity contribution in [1.29, 1.82) is 0 Å². The van der Waals surface area contributed by atoms with Crippen molar-refractivity contribution in [2.75, 3.05) is 18.0 Å². The van der Waals surface area contributed by atoms with E-state index in [1.54, 1.807) is 18.0 Å². The summed E-state index contributed by atoms with van der Waals surface area (Å²) < 4.78 is 0. The molecule has 2 aliphatic rings. The number of aromatic nitrogens is 2. The number of rotatable bonds is 3. The van der Waals surface area contributed by atoms with E-state index in [2.05, 4.69) is 38.4 Å². The molecule has 2 aromatic heterocycles. The molecule has 2 saturated heterocycles. The topological polar surface area (TPSA) is 41.1 Å². The number of piperidine rings is 1. The summed E-state index contributed by atoms with van der Waals surface area (Å²) in [5.74, 6) is 0. The molecule has 2 bridgehead atoms. The van der Waals surface area contributed by atoms with Crippen molar-refractivity contribution in [2.24, 2.45) is 0 Å². The molecule has 2 atom stereocenters. The molecule has 2 aromatic rings. The number of anilines is 1. The molecule has 0 aliphatic carbocycles. The van der Waals surface area contributed by atoms with Crippen LogP contribution in [0.5, 0.6) is 0 Å². The summed E-state index contributed by atoms with van der Waals surface area (Å²) in [7, 11) is 0. The first-order valence-corrected chi connectivity index (χ1v) is 9.23. The summed E-state index contributed by atoms with van der Waals surface area (Å²) in [5.41, 5.74) is 1.25. The Hall–Kier alpha value is -1.59. The van der Waals surface area contributed by atoms with Gasteiger partial charge in [-0.2, -0.15) is 0 Å². The number of nitrogens with zero attached hydrogens (tertiary/aromatic N) is 3. The Balaban J connectivity index is 1.45. The molecule has 2 unspecified atom stereocenters. The molecule has 4 heterocycles. The van der Waals surface area contributed by atoms with Gasteiger partial charge >= 0.3 is 0 Å². The van der Waals surface area contributed by atoms with Crippen LogP contribution in [0.4, 0.5) is 5.69 Å². The number of pyridine rings is 2. The Labute approximate surface area is 141 Å². The van der Waals surface area contributed by atoms with Crippen LogP contribution < -0.4 is 10.2 Å². The van der Waals surface area contributed by atoms with Gasteiger partial charge in [0.1, 0.15) is 5.03 Å². The van der Waals surface area contributed by atoms with E-state index in [0.29, 0.717) is 12.1 Å². The molecule has 2 aliphatic heterocycles. The molecule has 1 N–H and O–H groups in total. The van der Waals surface area contributed by atoms with Crippen molar-refractivity contribution in [3.05, 3.63) is 42.9 Å². The zero-order valence-electron chi connectivity index (χ0n) is 13.2. The van der Waals surface area contributed by atoms with Gasteiger partial charge in [0.2, 0.25) is 0 Å². The standard InChI is InChI=1S/C18H22N4S/c1-3-14-8-10-22(13-15(4-1)21-14)16-6-7-18(20-11-16)23-17-5-2-9-19-12-17/h2,5-7,9,11-12,14-15,21H,1,3-4,8,10,13H2. The lowest BCUT2D eigenvalue weighted by Gasteiger charge is -2.29. The predicted octanol–water partition coefficient (Wildman–Crippen LogP) is 3.35. The van der Waals surface area contributed by atoms with Gasteiger partial charge in [0.25, 0.3) is 0 Å². The normalized spacial score (nSPS) is 24.3. The van der Waals surface area contributed by atoms with E-state index < -0.39 is 0 Å². The van der Waals surface area contributed by atoms with Gasteiger partial charge < -0.3 is 10.2 Å². The maximum atomic E-state index is 4.64. The second-order valence-electron chi connectivity index (χ2n) is 6.37. The first-order chi connectivity index (χ1) is 11.4. The van der Waals surface area contributed by atoms with Gasteiger partial charge in [-0.1, -0.05) is 18.2 Å². The van der Waals surface area contributed by atoms with E-state index in [-0.39, 0.29) is 0 Å². The number of hydrogen-bond acceptors (Lipinski definition) is 5. The molecule has 2 fully saturated rings. The summed E-state index contributed by atoms with van der Waals surface area (Å²) in [6.45, 7) is 2.23. The van der Waals surface area contributed by atoms with E-state index in [0.717, 1.165) is 23.0 Å². The lowest BCUT2D eigenvalue weighted by atomic mass is 9.98. The minimum atomic E-state index is 0.640. The van der Waals surface area contributed by atoms with E-state index >= 15 is 0 Å². The fourth-order valence-corrected chi connectivity index (χ4v) is 4.28. The Bertz CT molecular complexity index is 631. The lowest BCUT2D eigenvalue weighted by molar-refractivity contribution is 0.336. The molecule has 0 aromatic carbocycles. The third-order valence-corrected chi connectivity index (χ3v) is 5.64. The zero-order chi connectivity index (χ0) is 15.5. The summed E-state index contributed by atoms with van der Waals surface area (Å²) >= 11 is 1.66. The lowest BCUT2D eigenvalue weighted by Crippen LogP contribution is -2.44. The van der Waals surface area contributed by atoms with Crippen LogP contribution in [0.3, 0.4) is 0 Å². The highest BCUT2D eigenvalue weighted by Gasteiger charge is 2.27. The molecule has 0 radical (unpaired) electrons. The van der Waals surface area contributed by atoms with Crippen molar-refractivity contribution >= 4 is 17.4 Å². The van der Waals surface area contributed by atoms with Crippen LogP contribution in [0.15, 0.2) is 52.8 Å². The molecule has 4 nitrogen and oxygen atoms in total. The summed E-state index contributed by atoms with van der Waals surface area (Å²) in [6.07, 6.45) is 10.9. The average molecular weight is 326 g/mol. The maximum Gasteiger partial charge on any atom is 0.101 e. The van der Waals surface area contributed by atoms with Crippen molar-refractivity contribution < 1.29 is 0 Å². The van der Waals surface area contributed by atoms with Crippen LogP contribution >= 0.6 is 11.8 Å². The van der Waals surface area contributed by atoms with Gasteiger partial charge in [-0.05, 0) is 43.5 Å². The summed E-state index contributed by atoms with van der Waals surface area (Å²) in [5, 5.41) is 4.81. The van der Waals surface area contributed by atoms with Gasteiger partial charge in [-0.3, -0.25) is 4.98 Å². The number of fused-ring (bicyclic) bond motifs is 2. The number of nitrogens with one attached hydrogen (secondary N) is 1. The minimum absolute atomic E-state index is 0.640. The molecular weight excluding hydrogens is 304 g/mol. The van der Waals surface area contributed by atoms with Crippen molar-refractivity contribution in [2.45, 2.75) is 47.7 Å². The maximum absolute atomic E-state index is 4.64. The van der Waals surface area contributed by atoms with Crippen LogP contribution in [-0.4, -0.2) is 35.1 Å². The third kappa shape index (κ3) is 3.67. The third-order valence-electron chi connectivity index (χ3n) is 4.71. The quantitative estimate of drug-likeness (QED) is 0.937. The van der Waals surface area contributed by atoms with Crippen molar-refractivity contribution in [3.63, 3.8) is 0 Å². The number of hydrogen-bond donors (Lipinski definition) is 1. The monoisotopic (exact) mass is 326 g/mol. The Kier molecular flexibility index (Phi) is 4.48. The molecule has 0 spiro atoms. The fraction of sp³-hybridized carbons (Fsp3) is 0.444. The van der Waals surface area contributed by atoms with E-state index in [9.17, 15) is 0 Å². The van der Waals surface area contributed by atoms with Crippen LogP contribution in [-0.2, 0) is 0 Å². The van der Waals surface area contributed by atoms with Crippen LogP contribution in [0.2, 0.25) is 0 Å². The molecule has 5 heteroatoms. The van der Waals surface area contributed by atoms with Crippen molar-refractivity contribution in [3.8, 4) is 0 Å². The van der Waals surface area contributed by atoms with Gasteiger partial charge in [-0.25, -0.2) is 4.98 Å². The Morgan fingerprint density at radius 3 is 2.87 bits per heavy atom.